The van der Waals surface area contributed by atoms with Crippen molar-refractivity contribution in [3.05, 3.63) is 90.9 Å². The second kappa shape index (κ2) is 10.1. The molecule has 0 unspecified atom stereocenters. The van der Waals surface area contributed by atoms with Crippen LogP contribution in [-0.4, -0.2) is 25.8 Å². The Morgan fingerprint density at radius 1 is 1.09 bits per heavy atom. The maximum atomic E-state index is 13.5. The fourth-order valence-electron chi connectivity index (χ4n) is 2.90. The standard InChI is InChI=1S/C21H16BrCl2N3O5S/c1-13-10-15(4-8-18(13)22)25-21(28)12-26(16-5-2-14(23)3-6-16)33(31,32)20-11-17(27(29)30)7-9-19(20)24/h2-11H,12H2,1H3,(H,25,28). The highest BCUT2D eigenvalue weighted by Gasteiger charge is 2.31. The van der Waals surface area contributed by atoms with Gasteiger partial charge in [-0.1, -0.05) is 39.1 Å². The summed E-state index contributed by atoms with van der Waals surface area (Å²) in [6.07, 6.45) is 0. The third kappa shape index (κ3) is 5.83. The molecule has 0 aliphatic rings. The Kier molecular flexibility index (Phi) is 7.63. The number of benzene rings is 3. The lowest BCUT2D eigenvalue weighted by atomic mass is 10.2. The lowest BCUT2D eigenvalue weighted by molar-refractivity contribution is -0.385. The summed E-state index contributed by atoms with van der Waals surface area (Å²) in [5.41, 5.74) is 1.02. The Hall–Kier alpha value is -2.66. The van der Waals surface area contributed by atoms with Crippen molar-refractivity contribution in [3.8, 4) is 0 Å². The third-order valence-corrected chi connectivity index (χ3v) is 7.93. The monoisotopic (exact) mass is 571 g/mol. The number of sulfonamides is 1. The summed E-state index contributed by atoms with van der Waals surface area (Å²) in [7, 11) is -4.47. The second-order valence-corrected chi connectivity index (χ2v) is 10.4. The number of hydrogen-bond donors (Lipinski definition) is 1. The molecule has 0 aliphatic heterocycles. The van der Waals surface area contributed by atoms with Crippen molar-refractivity contribution >= 4 is 72.1 Å². The minimum atomic E-state index is -4.47. The van der Waals surface area contributed by atoms with E-state index in [9.17, 15) is 23.3 Å². The van der Waals surface area contributed by atoms with Gasteiger partial charge in [0.15, 0.2) is 0 Å². The Bertz CT molecular complexity index is 1330. The van der Waals surface area contributed by atoms with E-state index < -0.39 is 38.0 Å². The van der Waals surface area contributed by atoms with Crippen LogP contribution in [0.3, 0.4) is 0 Å². The molecule has 3 aromatic rings. The first kappa shape index (κ1) is 25.0. The van der Waals surface area contributed by atoms with E-state index in [2.05, 4.69) is 21.2 Å². The first-order chi connectivity index (χ1) is 15.5. The number of carbonyl (C=O) groups excluding carboxylic acids is 1. The summed E-state index contributed by atoms with van der Waals surface area (Å²) in [6, 6.07) is 14.0. The second-order valence-electron chi connectivity index (χ2n) is 6.87. The van der Waals surface area contributed by atoms with Gasteiger partial charge < -0.3 is 5.32 Å². The fourth-order valence-corrected chi connectivity index (χ4v) is 5.19. The highest BCUT2D eigenvalue weighted by atomic mass is 79.9. The number of amides is 1. The van der Waals surface area contributed by atoms with Crippen molar-refractivity contribution in [1.82, 2.24) is 0 Å². The van der Waals surface area contributed by atoms with Gasteiger partial charge in [0, 0.05) is 27.3 Å². The van der Waals surface area contributed by atoms with Crippen molar-refractivity contribution in [2.45, 2.75) is 11.8 Å². The third-order valence-electron chi connectivity index (χ3n) is 4.54. The largest absolute Gasteiger partial charge is 0.325 e. The lowest BCUT2D eigenvalue weighted by Gasteiger charge is -2.24. The topological polar surface area (TPSA) is 110 Å². The van der Waals surface area contributed by atoms with E-state index in [-0.39, 0.29) is 10.7 Å². The fraction of sp³-hybridized carbons (Fsp3) is 0.0952. The van der Waals surface area contributed by atoms with Crippen molar-refractivity contribution < 1.29 is 18.1 Å². The Morgan fingerprint density at radius 3 is 2.36 bits per heavy atom. The van der Waals surface area contributed by atoms with Crippen LogP contribution >= 0.6 is 39.1 Å². The number of anilines is 2. The molecule has 0 aliphatic carbocycles. The van der Waals surface area contributed by atoms with Crippen LogP contribution in [0.5, 0.6) is 0 Å². The molecule has 33 heavy (non-hydrogen) atoms. The van der Waals surface area contributed by atoms with Crippen LogP contribution < -0.4 is 9.62 Å². The van der Waals surface area contributed by atoms with Gasteiger partial charge in [0.1, 0.15) is 11.4 Å². The summed E-state index contributed by atoms with van der Waals surface area (Å²) in [5, 5.41) is 14.0. The van der Waals surface area contributed by atoms with Gasteiger partial charge in [-0.05, 0) is 61.0 Å². The van der Waals surface area contributed by atoms with Crippen molar-refractivity contribution in [2.75, 3.05) is 16.2 Å². The van der Waals surface area contributed by atoms with E-state index in [0.717, 1.165) is 32.5 Å². The molecule has 0 bridgehead atoms. The minimum Gasteiger partial charge on any atom is -0.325 e. The maximum Gasteiger partial charge on any atom is 0.270 e. The smallest absolute Gasteiger partial charge is 0.270 e. The molecule has 0 atom stereocenters. The first-order valence-corrected chi connectivity index (χ1v) is 12.3. The molecule has 0 fully saturated rings. The van der Waals surface area contributed by atoms with E-state index >= 15 is 0 Å². The summed E-state index contributed by atoms with van der Waals surface area (Å²) < 4.78 is 28.7. The number of nitro groups is 1. The molecule has 12 heteroatoms. The van der Waals surface area contributed by atoms with Crippen LogP contribution in [0.25, 0.3) is 0 Å². The molecule has 1 amide bonds. The van der Waals surface area contributed by atoms with Gasteiger partial charge in [-0.25, -0.2) is 8.42 Å². The van der Waals surface area contributed by atoms with Gasteiger partial charge in [0.2, 0.25) is 5.91 Å². The molecule has 0 spiro atoms. The number of nitro benzene ring substituents is 1. The molecular formula is C21H16BrCl2N3O5S. The van der Waals surface area contributed by atoms with Crippen LogP contribution in [0.2, 0.25) is 10.0 Å². The first-order valence-electron chi connectivity index (χ1n) is 9.27. The van der Waals surface area contributed by atoms with E-state index in [1.165, 1.54) is 24.3 Å². The zero-order chi connectivity index (χ0) is 24.3. The number of aryl methyl sites for hydroxylation is 1. The van der Waals surface area contributed by atoms with Gasteiger partial charge in [0.25, 0.3) is 15.7 Å². The number of nitrogens with zero attached hydrogens (tertiary/aromatic N) is 2. The molecular weight excluding hydrogens is 557 g/mol. The summed E-state index contributed by atoms with van der Waals surface area (Å²) >= 11 is 15.4. The lowest BCUT2D eigenvalue weighted by Crippen LogP contribution is -2.38. The highest BCUT2D eigenvalue weighted by Crippen LogP contribution is 2.32. The molecule has 3 aromatic carbocycles. The molecule has 0 aromatic heterocycles. The predicted molar refractivity (Wildman–Crippen MR) is 132 cm³/mol. The van der Waals surface area contributed by atoms with Crippen LogP contribution in [0.4, 0.5) is 17.1 Å². The van der Waals surface area contributed by atoms with Crippen LogP contribution in [0.15, 0.2) is 70.0 Å². The average molecular weight is 573 g/mol. The van der Waals surface area contributed by atoms with Crippen LogP contribution in [-0.2, 0) is 14.8 Å². The quantitative estimate of drug-likeness (QED) is 0.284. The molecule has 8 nitrogen and oxygen atoms in total. The van der Waals surface area contributed by atoms with Gasteiger partial charge >= 0.3 is 0 Å². The molecule has 1 N–H and O–H groups in total. The number of nitrogens with one attached hydrogen (secondary N) is 1. The molecule has 0 saturated heterocycles. The number of halogens is 3. The molecule has 0 radical (unpaired) electrons. The summed E-state index contributed by atoms with van der Waals surface area (Å²) in [6.45, 7) is 1.23. The molecule has 0 saturated carbocycles. The van der Waals surface area contributed by atoms with Crippen molar-refractivity contribution in [1.29, 1.82) is 0 Å². The van der Waals surface area contributed by atoms with Crippen LogP contribution in [0, 0.1) is 17.0 Å². The van der Waals surface area contributed by atoms with Crippen molar-refractivity contribution in [2.24, 2.45) is 0 Å². The number of hydrogen-bond acceptors (Lipinski definition) is 5. The highest BCUT2D eigenvalue weighted by molar-refractivity contribution is 9.10. The SMILES string of the molecule is Cc1cc(NC(=O)CN(c2ccc(Cl)cc2)S(=O)(=O)c2cc([N+](=O)[O-])ccc2Cl)ccc1Br. The number of non-ortho nitro benzene ring substituents is 1. The Labute approximate surface area is 208 Å². The van der Waals surface area contributed by atoms with E-state index in [1.807, 2.05) is 6.92 Å². The zero-order valence-electron chi connectivity index (χ0n) is 17.0. The Morgan fingerprint density at radius 2 is 1.76 bits per heavy atom. The average Bonchev–Trinajstić information content (AvgIpc) is 2.75. The maximum absolute atomic E-state index is 13.5. The molecule has 0 heterocycles. The Balaban J connectivity index is 2.02. The normalized spacial score (nSPS) is 11.2. The van der Waals surface area contributed by atoms with Gasteiger partial charge in [-0.3, -0.25) is 19.2 Å². The molecule has 172 valence electrons. The predicted octanol–water partition coefficient (Wildman–Crippen LogP) is 5.81. The van der Waals surface area contributed by atoms with Gasteiger partial charge in [0.05, 0.1) is 15.6 Å². The van der Waals surface area contributed by atoms with E-state index in [1.54, 1.807) is 18.2 Å². The summed E-state index contributed by atoms with van der Waals surface area (Å²) in [5.74, 6) is -0.628. The number of rotatable bonds is 7. The number of carbonyl (C=O) groups is 1. The minimum absolute atomic E-state index is 0.129. The van der Waals surface area contributed by atoms with E-state index in [4.69, 9.17) is 23.2 Å². The summed E-state index contributed by atoms with van der Waals surface area (Å²) in [4.78, 5) is 22.7. The van der Waals surface area contributed by atoms with Gasteiger partial charge in [-0.2, -0.15) is 0 Å². The van der Waals surface area contributed by atoms with Gasteiger partial charge in [-0.15, -0.1) is 0 Å². The molecule has 3 rings (SSSR count). The zero-order valence-corrected chi connectivity index (χ0v) is 20.9. The van der Waals surface area contributed by atoms with E-state index in [0.29, 0.717) is 10.7 Å². The van der Waals surface area contributed by atoms with Crippen molar-refractivity contribution in [3.63, 3.8) is 0 Å². The van der Waals surface area contributed by atoms with Crippen LogP contribution in [0.1, 0.15) is 5.56 Å².